The van der Waals surface area contributed by atoms with Gasteiger partial charge in [0.2, 0.25) is 5.91 Å². The van der Waals surface area contributed by atoms with Gasteiger partial charge in [0.15, 0.2) is 0 Å². The molecule has 0 aromatic heterocycles. The van der Waals surface area contributed by atoms with Gasteiger partial charge in [-0.3, -0.25) is 4.79 Å². The van der Waals surface area contributed by atoms with Crippen LogP contribution in [0, 0.1) is 5.41 Å². The first-order valence-corrected chi connectivity index (χ1v) is 7.09. The average molecular weight is 261 g/mol. The number of carbonyl (C=O) groups excluding carboxylic acids is 1. The van der Waals surface area contributed by atoms with Crippen LogP contribution in [0.25, 0.3) is 0 Å². The third-order valence-corrected chi connectivity index (χ3v) is 4.09. The molecule has 19 heavy (non-hydrogen) atoms. The van der Waals surface area contributed by atoms with Crippen molar-refractivity contribution in [3.63, 3.8) is 0 Å². The minimum atomic E-state index is -0.711. The highest BCUT2D eigenvalue weighted by Gasteiger charge is 2.29. The van der Waals surface area contributed by atoms with Gasteiger partial charge in [-0.1, -0.05) is 50.1 Å². The molecule has 0 spiro atoms. The lowest BCUT2D eigenvalue weighted by atomic mass is 9.89. The number of nitrogens with one attached hydrogen (secondary N) is 1. The summed E-state index contributed by atoms with van der Waals surface area (Å²) < 4.78 is 0. The molecular weight excluding hydrogens is 238 g/mol. The van der Waals surface area contributed by atoms with E-state index in [0.29, 0.717) is 0 Å². The number of aliphatic hydroxyl groups excluding tert-OH is 1. The molecule has 1 unspecified atom stereocenters. The van der Waals surface area contributed by atoms with E-state index in [9.17, 15) is 9.90 Å². The average Bonchev–Trinajstić information content (AvgIpc) is 2.85. The Morgan fingerprint density at radius 2 is 1.95 bits per heavy atom. The standard InChI is InChI=1S/C16H23NO2/c1-16(9-5-6-10-16)12-17-15(19)11-14(18)13-7-3-2-4-8-13/h2-4,7-8,14,18H,5-6,9-12H2,1H3,(H,17,19). The van der Waals surface area contributed by atoms with Crippen molar-refractivity contribution in [2.24, 2.45) is 5.41 Å². The molecule has 0 aliphatic heterocycles. The van der Waals surface area contributed by atoms with Crippen LogP contribution in [0.1, 0.15) is 50.7 Å². The predicted molar refractivity (Wildman–Crippen MR) is 75.6 cm³/mol. The molecule has 1 aliphatic rings. The van der Waals surface area contributed by atoms with Crippen molar-refractivity contribution in [3.05, 3.63) is 35.9 Å². The molecule has 0 saturated heterocycles. The minimum absolute atomic E-state index is 0.0653. The molecule has 0 bridgehead atoms. The van der Waals surface area contributed by atoms with Gasteiger partial charge in [-0.2, -0.15) is 0 Å². The van der Waals surface area contributed by atoms with Gasteiger partial charge in [-0.25, -0.2) is 0 Å². The molecule has 2 N–H and O–H groups in total. The number of rotatable bonds is 5. The summed E-state index contributed by atoms with van der Waals surface area (Å²) in [4.78, 5) is 11.9. The van der Waals surface area contributed by atoms with Crippen molar-refractivity contribution < 1.29 is 9.90 Å². The molecule has 0 heterocycles. The van der Waals surface area contributed by atoms with Crippen molar-refractivity contribution in [1.82, 2.24) is 5.32 Å². The fraction of sp³-hybridized carbons (Fsp3) is 0.562. The molecule has 3 nitrogen and oxygen atoms in total. The van der Waals surface area contributed by atoms with E-state index in [2.05, 4.69) is 12.2 Å². The summed E-state index contributed by atoms with van der Waals surface area (Å²) in [6.45, 7) is 2.96. The summed E-state index contributed by atoms with van der Waals surface area (Å²) in [6.07, 6.45) is 4.33. The Hall–Kier alpha value is -1.35. The zero-order chi connectivity index (χ0) is 13.7. The van der Waals surface area contributed by atoms with Crippen LogP contribution in [0.3, 0.4) is 0 Å². The summed E-state index contributed by atoms with van der Waals surface area (Å²) in [6, 6.07) is 9.33. The molecule has 2 rings (SSSR count). The fourth-order valence-corrected chi connectivity index (χ4v) is 2.76. The van der Waals surface area contributed by atoms with Crippen molar-refractivity contribution in [1.29, 1.82) is 0 Å². The minimum Gasteiger partial charge on any atom is -0.388 e. The molecule has 1 fully saturated rings. The largest absolute Gasteiger partial charge is 0.388 e. The number of aliphatic hydroxyl groups is 1. The van der Waals surface area contributed by atoms with Crippen molar-refractivity contribution in [3.8, 4) is 0 Å². The van der Waals surface area contributed by atoms with Gasteiger partial charge in [0, 0.05) is 6.54 Å². The Bertz CT molecular complexity index is 410. The van der Waals surface area contributed by atoms with Crippen LogP contribution in [-0.2, 0) is 4.79 Å². The van der Waals surface area contributed by atoms with Gasteiger partial charge in [-0.05, 0) is 23.8 Å². The van der Waals surface area contributed by atoms with Gasteiger partial charge in [0.05, 0.1) is 12.5 Å². The first-order valence-electron chi connectivity index (χ1n) is 7.09. The van der Waals surface area contributed by atoms with E-state index < -0.39 is 6.10 Å². The van der Waals surface area contributed by atoms with E-state index >= 15 is 0 Å². The zero-order valence-electron chi connectivity index (χ0n) is 11.6. The Balaban J connectivity index is 1.78. The van der Waals surface area contributed by atoms with E-state index in [1.54, 1.807) is 0 Å². The predicted octanol–water partition coefficient (Wildman–Crippen LogP) is 2.81. The number of hydrogen-bond acceptors (Lipinski definition) is 2. The molecule has 1 aromatic rings. The number of benzene rings is 1. The second-order valence-corrected chi connectivity index (χ2v) is 5.93. The Labute approximate surface area is 115 Å². The molecule has 1 aromatic carbocycles. The first kappa shape index (κ1) is 14.1. The van der Waals surface area contributed by atoms with Crippen LogP contribution < -0.4 is 5.32 Å². The monoisotopic (exact) mass is 261 g/mol. The molecule has 1 amide bonds. The van der Waals surface area contributed by atoms with Gasteiger partial charge in [-0.15, -0.1) is 0 Å². The van der Waals surface area contributed by atoms with Gasteiger partial charge in [0.1, 0.15) is 0 Å². The van der Waals surface area contributed by atoms with Crippen LogP contribution in [0.15, 0.2) is 30.3 Å². The number of hydrogen-bond donors (Lipinski definition) is 2. The third-order valence-electron chi connectivity index (χ3n) is 4.09. The molecule has 3 heteroatoms. The highest BCUT2D eigenvalue weighted by atomic mass is 16.3. The molecule has 1 atom stereocenters. The van der Waals surface area contributed by atoms with Crippen LogP contribution >= 0.6 is 0 Å². The van der Waals surface area contributed by atoms with Crippen LogP contribution in [0.2, 0.25) is 0 Å². The topological polar surface area (TPSA) is 49.3 Å². The number of carbonyl (C=O) groups is 1. The van der Waals surface area contributed by atoms with Crippen LogP contribution in [0.5, 0.6) is 0 Å². The Morgan fingerprint density at radius 3 is 2.58 bits per heavy atom. The first-order chi connectivity index (χ1) is 9.09. The van der Waals surface area contributed by atoms with Crippen molar-refractivity contribution >= 4 is 5.91 Å². The SMILES string of the molecule is CC1(CNC(=O)CC(O)c2ccccc2)CCCC1. The summed E-state index contributed by atoms with van der Waals surface area (Å²) >= 11 is 0. The summed E-state index contributed by atoms with van der Waals surface area (Å²) in [5.74, 6) is -0.0653. The maximum absolute atomic E-state index is 11.9. The Kier molecular flexibility index (Phi) is 4.59. The van der Waals surface area contributed by atoms with Gasteiger partial charge < -0.3 is 10.4 Å². The quantitative estimate of drug-likeness (QED) is 0.856. The van der Waals surface area contributed by atoms with Gasteiger partial charge >= 0.3 is 0 Å². The summed E-state index contributed by atoms with van der Waals surface area (Å²) in [5.41, 5.74) is 1.05. The van der Waals surface area contributed by atoms with Crippen LogP contribution in [-0.4, -0.2) is 17.6 Å². The maximum Gasteiger partial charge on any atom is 0.222 e. The molecule has 0 radical (unpaired) electrons. The normalized spacial score (nSPS) is 19.1. The fourth-order valence-electron chi connectivity index (χ4n) is 2.76. The highest BCUT2D eigenvalue weighted by Crippen LogP contribution is 2.36. The van der Waals surface area contributed by atoms with Gasteiger partial charge in [0.25, 0.3) is 0 Å². The molecule has 104 valence electrons. The third kappa shape index (κ3) is 4.06. The highest BCUT2D eigenvalue weighted by molar-refractivity contribution is 5.76. The molecular formula is C16H23NO2. The smallest absolute Gasteiger partial charge is 0.222 e. The zero-order valence-corrected chi connectivity index (χ0v) is 11.6. The van der Waals surface area contributed by atoms with E-state index in [4.69, 9.17) is 0 Å². The number of amides is 1. The second-order valence-electron chi connectivity index (χ2n) is 5.93. The van der Waals surface area contributed by atoms with E-state index in [-0.39, 0.29) is 17.7 Å². The molecule has 1 saturated carbocycles. The van der Waals surface area contributed by atoms with Crippen molar-refractivity contribution in [2.75, 3.05) is 6.54 Å². The molecule has 1 aliphatic carbocycles. The summed E-state index contributed by atoms with van der Waals surface area (Å²) in [5, 5.41) is 13.0. The van der Waals surface area contributed by atoms with E-state index in [1.807, 2.05) is 30.3 Å². The Morgan fingerprint density at radius 1 is 1.32 bits per heavy atom. The summed E-state index contributed by atoms with van der Waals surface area (Å²) in [7, 11) is 0. The van der Waals surface area contributed by atoms with Crippen molar-refractivity contribution in [2.45, 2.75) is 45.1 Å². The lowest BCUT2D eigenvalue weighted by Gasteiger charge is -2.24. The van der Waals surface area contributed by atoms with Crippen LogP contribution in [0.4, 0.5) is 0 Å². The maximum atomic E-state index is 11.9. The lowest BCUT2D eigenvalue weighted by Crippen LogP contribution is -2.34. The van der Waals surface area contributed by atoms with E-state index in [1.165, 1.54) is 25.7 Å². The van der Waals surface area contributed by atoms with E-state index in [0.717, 1.165) is 12.1 Å². The second kappa shape index (κ2) is 6.20. The lowest BCUT2D eigenvalue weighted by molar-refractivity contribution is -0.123.